The Labute approximate surface area is 163 Å². The second kappa shape index (κ2) is 6.96. The van der Waals surface area contributed by atoms with E-state index in [-0.39, 0.29) is 0 Å². The number of fused-ring (bicyclic) bond motifs is 1. The fourth-order valence-electron chi connectivity index (χ4n) is 3.87. The molecule has 1 aromatic carbocycles. The van der Waals surface area contributed by atoms with Crippen molar-refractivity contribution in [3.05, 3.63) is 67.0 Å². The van der Waals surface area contributed by atoms with Crippen LogP contribution >= 0.6 is 0 Å². The summed E-state index contributed by atoms with van der Waals surface area (Å²) in [5.74, 6) is 1.86. The molecule has 0 unspecified atom stereocenters. The number of imidazole rings is 1. The highest BCUT2D eigenvalue weighted by Crippen LogP contribution is 2.27. The highest BCUT2D eigenvalue weighted by atomic mass is 15.3. The van der Waals surface area contributed by atoms with Crippen LogP contribution in [0.3, 0.4) is 0 Å². The number of nitrogens with one attached hydrogen (secondary N) is 2. The summed E-state index contributed by atoms with van der Waals surface area (Å²) in [7, 11) is 0. The maximum atomic E-state index is 4.87. The number of rotatable bonds is 4. The van der Waals surface area contributed by atoms with Crippen LogP contribution in [0.1, 0.15) is 19.8 Å². The predicted molar refractivity (Wildman–Crippen MR) is 111 cm³/mol. The molecular weight excluding hydrogens is 348 g/mol. The Hall–Kier alpha value is -3.41. The monoisotopic (exact) mass is 371 g/mol. The van der Waals surface area contributed by atoms with Gasteiger partial charge in [0, 0.05) is 24.2 Å². The van der Waals surface area contributed by atoms with Crippen LogP contribution in [0.2, 0.25) is 0 Å². The normalized spacial score (nSPS) is 16.6. The Morgan fingerprint density at radius 3 is 2.82 bits per heavy atom. The number of nitrogens with zero attached hydrogens (tertiary/aromatic N) is 4. The summed E-state index contributed by atoms with van der Waals surface area (Å²) < 4.78 is 1.86. The molecule has 1 aliphatic heterocycles. The zero-order chi connectivity index (χ0) is 18.9. The summed E-state index contributed by atoms with van der Waals surface area (Å²) in [6.07, 6.45) is 6.26. The van der Waals surface area contributed by atoms with Gasteiger partial charge in [-0.1, -0.05) is 46.0 Å². The third-order valence-corrected chi connectivity index (χ3v) is 5.33. The van der Waals surface area contributed by atoms with Crippen LogP contribution in [0.15, 0.2) is 67.0 Å². The molecule has 1 saturated heterocycles. The Bertz CT molecular complexity index is 1100. The molecule has 3 aromatic heterocycles. The standard InChI is InChI=1S/C22H22N6/c1-16-7-6-13-27(16)21-11-5-10-20(25-21)24-19-15-18(17-8-3-2-4-9-17)26-28-14-12-23-22(19)28/h2-5,8-12,14-16H,6-7,13H2,1H3,(H,24,25)/p+1/t16-/m0/s1. The number of aromatic amines is 1. The Morgan fingerprint density at radius 2 is 2.00 bits per heavy atom. The van der Waals surface area contributed by atoms with E-state index in [4.69, 9.17) is 10.1 Å². The summed E-state index contributed by atoms with van der Waals surface area (Å²) in [6.45, 7) is 3.34. The molecule has 28 heavy (non-hydrogen) atoms. The minimum absolute atomic E-state index is 0.541. The van der Waals surface area contributed by atoms with Gasteiger partial charge in [0.25, 0.3) is 0 Å². The van der Waals surface area contributed by atoms with E-state index in [2.05, 4.69) is 52.5 Å². The lowest BCUT2D eigenvalue weighted by Gasteiger charge is -2.23. The summed E-state index contributed by atoms with van der Waals surface area (Å²) in [6, 6.07) is 19.0. The molecular formula is C22H23N6+. The molecule has 6 heteroatoms. The minimum atomic E-state index is 0.541. The first-order valence-electron chi connectivity index (χ1n) is 9.74. The first-order chi connectivity index (χ1) is 13.8. The van der Waals surface area contributed by atoms with Gasteiger partial charge >= 0.3 is 5.65 Å². The fraction of sp³-hybridized carbons (Fsp3) is 0.227. The van der Waals surface area contributed by atoms with Gasteiger partial charge in [-0.25, -0.2) is 9.97 Å². The molecule has 0 radical (unpaired) electrons. The molecule has 1 atom stereocenters. The van der Waals surface area contributed by atoms with Crippen LogP contribution in [-0.2, 0) is 0 Å². The van der Waals surface area contributed by atoms with E-state index < -0.39 is 0 Å². The maximum absolute atomic E-state index is 4.87. The molecule has 1 fully saturated rings. The van der Waals surface area contributed by atoms with Crippen molar-refractivity contribution in [3.8, 4) is 11.3 Å². The molecule has 6 nitrogen and oxygen atoms in total. The zero-order valence-corrected chi connectivity index (χ0v) is 15.8. The molecule has 2 N–H and O–H groups in total. The van der Waals surface area contributed by atoms with E-state index in [1.165, 1.54) is 12.8 Å². The first kappa shape index (κ1) is 16.7. The second-order valence-electron chi connectivity index (χ2n) is 7.25. The van der Waals surface area contributed by atoms with E-state index >= 15 is 0 Å². The van der Waals surface area contributed by atoms with Gasteiger partial charge in [0.2, 0.25) is 0 Å². The Morgan fingerprint density at radius 1 is 1.11 bits per heavy atom. The average Bonchev–Trinajstić information content (AvgIpc) is 3.38. The zero-order valence-electron chi connectivity index (χ0n) is 15.8. The van der Waals surface area contributed by atoms with Gasteiger partial charge in [0.05, 0.1) is 0 Å². The van der Waals surface area contributed by atoms with E-state index in [1.807, 2.05) is 41.2 Å². The molecule has 1 aliphatic rings. The molecule has 0 spiro atoms. The van der Waals surface area contributed by atoms with Crippen LogP contribution in [0, 0.1) is 0 Å². The van der Waals surface area contributed by atoms with Gasteiger partial charge in [-0.15, -0.1) is 0 Å². The Balaban J connectivity index is 1.52. The molecule has 0 amide bonds. The highest BCUT2D eigenvalue weighted by molar-refractivity contribution is 5.75. The summed E-state index contributed by atoms with van der Waals surface area (Å²) in [5.41, 5.74) is 3.83. The number of H-pyrrole nitrogens is 1. The molecule has 0 bridgehead atoms. The second-order valence-corrected chi connectivity index (χ2v) is 7.25. The van der Waals surface area contributed by atoms with Gasteiger partial charge in [-0.05, 0) is 31.9 Å². The van der Waals surface area contributed by atoms with Crippen LogP contribution in [0.25, 0.3) is 16.9 Å². The lowest BCUT2D eigenvalue weighted by Crippen LogP contribution is -2.27. The summed E-state index contributed by atoms with van der Waals surface area (Å²) in [4.78, 5) is 10.5. The van der Waals surface area contributed by atoms with Gasteiger partial charge in [0.15, 0.2) is 6.20 Å². The van der Waals surface area contributed by atoms with Gasteiger partial charge in [-0.3, -0.25) is 0 Å². The van der Waals surface area contributed by atoms with E-state index in [0.717, 1.165) is 40.8 Å². The van der Waals surface area contributed by atoms with Gasteiger partial charge < -0.3 is 10.2 Å². The number of aromatic nitrogens is 4. The third-order valence-electron chi connectivity index (χ3n) is 5.33. The number of hydrogen-bond acceptors (Lipinski definition) is 4. The van der Waals surface area contributed by atoms with Crippen LogP contribution in [0.4, 0.5) is 17.3 Å². The largest absolute Gasteiger partial charge is 0.354 e. The average molecular weight is 371 g/mol. The fourth-order valence-corrected chi connectivity index (χ4v) is 3.87. The summed E-state index contributed by atoms with van der Waals surface area (Å²) in [5, 5.41) is 8.21. The van der Waals surface area contributed by atoms with Crippen molar-refractivity contribution >= 4 is 23.0 Å². The highest BCUT2D eigenvalue weighted by Gasteiger charge is 2.22. The molecule has 5 rings (SSSR count). The van der Waals surface area contributed by atoms with E-state index in [9.17, 15) is 0 Å². The predicted octanol–water partition coefficient (Wildman–Crippen LogP) is 3.94. The van der Waals surface area contributed by atoms with Crippen molar-refractivity contribution in [2.45, 2.75) is 25.8 Å². The van der Waals surface area contributed by atoms with Crippen LogP contribution < -0.4 is 15.2 Å². The molecule has 4 heterocycles. The van der Waals surface area contributed by atoms with Gasteiger partial charge in [0.1, 0.15) is 29.2 Å². The molecule has 140 valence electrons. The lowest BCUT2D eigenvalue weighted by atomic mass is 10.1. The number of hydrogen-bond donors (Lipinski definition) is 1. The van der Waals surface area contributed by atoms with E-state index in [0.29, 0.717) is 6.04 Å². The maximum Gasteiger partial charge on any atom is 0.329 e. The molecule has 0 aliphatic carbocycles. The Kier molecular flexibility index (Phi) is 4.16. The molecule has 0 saturated carbocycles. The smallest absolute Gasteiger partial charge is 0.329 e. The molecule has 4 aromatic rings. The van der Waals surface area contributed by atoms with Crippen molar-refractivity contribution in [2.75, 3.05) is 16.8 Å². The first-order valence-corrected chi connectivity index (χ1v) is 9.74. The van der Waals surface area contributed by atoms with Crippen molar-refractivity contribution in [1.82, 2.24) is 14.6 Å². The van der Waals surface area contributed by atoms with Crippen molar-refractivity contribution in [1.29, 1.82) is 0 Å². The lowest BCUT2D eigenvalue weighted by molar-refractivity contribution is -0.343. The van der Waals surface area contributed by atoms with Crippen LogP contribution in [0.5, 0.6) is 0 Å². The summed E-state index contributed by atoms with van der Waals surface area (Å²) >= 11 is 0. The number of benzene rings is 1. The van der Waals surface area contributed by atoms with Crippen molar-refractivity contribution < 1.29 is 4.98 Å². The van der Waals surface area contributed by atoms with Crippen molar-refractivity contribution in [3.63, 3.8) is 0 Å². The van der Waals surface area contributed by atoms with Crippen LogP contribution in [-0.4, -0.2) is 27.2 Å². The number of anilines is 3. The SMILES string of the molecule is C[C@H]1CCCN1c1cccc(Nc2cc(-c3ccccc3)nn3cc[nH+]c23)n1. The number of pyridine rings is 1. The van der Waals surface area contributed by atoms with Crippen molar-refractivity contribution in [2.24, 2.45) is 0 Å². The van der Waals surface area contributed by atoms with E-state index in [1.54, 1.807) is 0 Å². The quantitative estimate of drug-likeness (QED) is 0.590. The van der Waals surface area contributed by atoms with Gasteiger partial charge in [-0.2, -0.15) is 0 Å². The minimum Gasteiger partial charge on any atom is -0.354 e. The third kappa shape index (κ3) is 3.07. The topological polar surface area (TPSA) is 59.6 Å².